The van der Waals surface area contributed by atoms with E-state index in [4.69, 9.17) is 0 Å². The number of fused-ring (bicyclic) bond motifs is 1. The highest BCUT2D eigenvalue weighted by atomic mass is 35.5. The molecule has 3 aromatic rings. The van der Waals surface area contributed by atoms with Gasteiger partial charge in [-0.15, -0.1) is 12.4 Å². The second-order valence-corrected chi connectivity index (χ2v) is 6.94. The molecule has 0 saturated carbocycles. The topological polar surface area (TPSA) is 68.1 Å². The number of aryl methyl sites for hydroxylation is 1. The van der Waals surface area contributed by atoms with Gasteiger partial charge in [0.25, 0.3) is 5.69 Å². The minimum absolute atomic E-state index is 0. The lowest BCUT2D eigenvalue weighted by Gasteiger charge is -2.14. The van der Waals surface area contributed by atoms with Crippen LogP contribution in [0.2, 0.25) is 0 Å². The third-order valence-corrected chi connectivity index (χ3v) is 4.89. The molecule has 0 spiro atoms. The maximum absolute atomic E-state index is 11.6. The van der Waals surface area contributed by atoms with Crippen molar-refractivity contribution in [2.75, 3.05) is 0 Å². The van der Waals surface area contributed by atoms with Gasteiger partial charge in [-0.05, 0) is 37.8 Å². The van der Waals surface area contributed by atoms with Crippen molar-refractivity contribution in [2.24, 2.45) is 0 Å². The van der Waals surface area contributed by atoms with E-state index in [2.05, 4.69) is 41.5 Å². The Morgan fingerprint density at radius 2 is 1.89 bits per heavy atom. The van der Waals surface area contributed by atoms with Crippen molar-refractivity contribution in [1.82, 2.24) is 10.3 Å². The van der Waals surface area contributed by atoms with Crippen molar-refractivity contribution in [1.29, 1.82) is 0 Å². The van der Waals surface area contributed by atoms with Crippen LogP contribution >= 0.6 is 12.4 Å². The molecule has 1 heterocycles. The largest absolute Gasteiger partial charge is 0.310 e. The Hall–Kier alpha value is -2.50. The molecular formula is C22H26ClN3O2. The normalized spacial score (nSPS) is 11.8. The van der Waals surface area contributed by atoms with Gasteiger partial charge >= 0.3 is 0 Å². The fourth-order valence-electron chi connectivity index (χ4n) is 3.37. The molecule has 1 aromatic heterocycles. The smallest absolute Gasteiger partial charge is 0.281 e. The van der Waals surface area contributed by atoms with Crippen LogP contribution in [-0.2, 0) is 13.0 Å². The van der Waals surface area contributed by atoms with Crippen molar-refractivity contribution >= 4 is 28.9 Å². The molecule has 148 valence electrons. The van der Waals surface area contributed by atoms with Crippen molar-refractivity contribution in [3.8, 4) is 0 Å². The van der Waals surface area contributed by atoms with Gasteiger partial charge in [-0.2, -0.15) is 0 Å². The first-order valence-corrected chi connectivity index (χ1v) is 9.42. The van der Waals surface area contributed by atoms with Gasteiger partial charge in [-0.3, -0.25) is 15.1 Å². The monoisotopic (exact) mass is 399 g/mol. The molecular weight excluding hydrogens is 374 g/mol. The van der Waals surface area contributed by atoms with E-state index in [-0.39, 0.29) is 23.0 Å². The zero-order valence-corrected chi connectivity index (χ0v) is 16.8. The van der Waals surface area contributed by atoms with E-state index < -0.39 is 0 Å². The number of nitro groups is 1. The van der Waals surface area contributed by atoms with E-state index in [1.165, 1.54) is 5.56 Å². The van der Waals surface area contributed by atoms with Gasteiger partial charge in [0, 0.05) is 35.9 Å². The molecule has 2 aromatic carbocycles. The van der Waals surface area contributed by atoms with Crippen molar-refractivity contribution in [2.45, 2.75) is 45.2 Å². The fourth-order valence-corrected chi connectivity index (χ4v) is 3.37. The van der Waals surface area contributed by atoms with Gasteiger partial charge in [0.05, 0.1) is 10.3 Å². The Kier molecular flexibility index (Phi) is 8.36. The molecule has 0 unspecified atom stereocenters. The van der Waals surface area contributed by atoms with Gasteiger partial charge in [-0.1, -0.05) is 48.9 Å². The Morgan fingerprint density at radius 1 is 1.11 bits per heavy atom. The van der Waals surface area contributed by atoms with Crippen LogP contribution in [0.15, 0.2) is 60.9 Å². The third kappa shape index (κ3) is 5.75. The van der Waals surface area contributed by atoms with E-state index in [0.29, 0.717) is 18.0 Å². The maximum Gasteiger partial charge on any atom is 0.281 e. The molecule has 0 aliphatic rings. The summed E-state index contributed by atoms with van der Waals surface area (Å²) in [5, 5.41) is 16.5. The summed E-state index contributed by atoms with van der Waals surface area (Å²) in [6.45, 7) is 2.63. The molecule has 28 heavy (non-hydrogen) atoms. The number of hydrogen-bond donors (Lipinski definition) is 1. The Balaban J connectivity index is 0.00000280. The van der Waals surface area contributed by atoms with Crippen LogP contribution in [0.4, 0.5) is 5.69 Å². The van der Waals surface area contributed by atoms with Crippen LogP contribution in [0.25, 0.3) is 10.8 Å². The molecule has 1 N–H and O–H groups in total. The van der Waals surface area contributed by atoms with Crippen LogP contribution in [0, 0.1) is 10.1 Å². The molecule has 3 rings (SSSR count). The average molecular weight is 400 g/mol. The number of aromatic nitrogens is 1. The number of pyridine rings is 1. The molecule has 0 fully saturated rings. The molecule has 0 aliphatic carbocycles. The van der Waals surface area contributed by atoms with E-state index in [1.54, 1.807) is 18.5 Å². The number of nitrogens with zero attached hydrogens (tertiary/aromatic N) is 2. The maximum atomic E-state index is 11.6. The minimum Gasteiger partial charge on any atom is -0.310 e. The third-order valence-electron chi connectivity index (χ3n) is 4.89. The number of nitrogens with one attached hydrogen (secondary N) is 1. The quantitative estimate of drug-likeness (QED) is 0.295. The minimum atomic E-state index is -0.288. The summed E-state index contributed by atoms with van der Waals surface area (Å²) < 4.78 is 0. The second-order valence-electron chi connectivity index (χ2n) is 6.94. The number of hydrogen-bond acceptors (Lipinski definition) is 4. The van der Waals surface area contributed by atoms with Crippen LogP contribution in [-0.4, -0.2) is 15.9 Å². The summed E-state index contributed by atoms with van der Waals surface area (Å²) in [6, 6.07) is 16.3. The number of rotatable bonds is 9. The summed E-state index contributed by atoms with van der Waals surface area (Å²) in [7, 11) is 0. The van der Waals surface area contributed by atoms with E-state index in [0.717, 1.165) is 36.6 Å². The highest BCUT2D eigenvalue weighted by Crippen LogP contribution is 2.29. The Bertz CT molecular complexity index is 903. The predicted molar refractivity (Wildman–Crippen MR) is 116 cm³/mol. The second kappa shape index (κ2) is 10.7. The lowest BCUT2D eigenvalue weighted by Crippen LogP contribution is -2.25. The van der Waals surface area contributed by atoms with Crippen molar-refractivity contribution in [3.63, 3.8) is 0 Å². The molecule has 6 heteroatoms. The lowest BCUT2D eigenvalue weighted by molar-refractivity contribution is -0.383. The zero-order valence-electron chi connectivity index (χ0n) is 16.0. The molecule has 1 atom stereocenters. The van der Waals surface area contributed by atoms with Crippen LogP contribution in [0.1, 0.15) is 37.3 Å². The summed E-state index contributed by atoms with van der Waals surface area (Å²) >= 11 is 0. The van der Waals surface area contributed by atoms with E-state index >= 15 is 0 Å². The van der Waals surface area contributed by atoms with Crippen molar-refractivity contribution < 1.29 is 4.92 Å². The highest BCUT2D eigenvalue weighted by Gasteiger charge is 2.18. The van der Waals surface area contributed by atoms with Gasteiger partial charge in [-0.25, -0.2) is 0 Å². The molecule has 0 saturated heterocycles. The molecule has 0 aliphatic heterocycles. The molecule has 0 radical (unpaired) electrons. The van der Waals surface area contributed by atoms with Gasteiger partial charge in [0.1, 0.15) is 0 Å². The molecule has 0 bridgehead atoms. The Morgan fingerprint density at radius 3 is 2.64 bits per heavy atom. The summed E-state index contributed by atoms with van der Waals surface area (Å²) in [5.41, 5.74) is 2.27. The van der Waals surface area contributed by atoms with E-state index in [9.17, 15) is 10.1 Å². The number of benzene rings is 2. The fraction of sp³-hybridized carbons (Fsp3) is 0.318. The summed E-state index contributed by atoms with van der Waals surface area (Å²) in [4.78, 5) is 15.3. The first-order valence-electron chi connectivity index (χ1n) is 9.42. The Labute approximate surface area is 171 Å². The van der Waals surface area contributed by atoms with Crippen LogP contribution < -0.4 is 5.32 Å². The first kappa shape index (κ1) is 21.8. The number of halogens is 1. The summed E-state index contributed by atoms with van der Waals surface area (Å²) in [6.07, 6.45) is 7.69. The van der Waals surface area contributed by atoms with Crippen LogP contribution in [0.3, 0.4) is 0 Å². The predicted octanol–water partition coefficient (Wildman–Crippen LogP) is 5.46. The average Bonchev–Trinajstić information content (AvgIpc) is 2.69. The zero-order chi connectivity index (χ0) is 19.1. The molecule has 5 nitrogen and oxygen atoms in total. The van der Waals surface area contributed by atoms with Gasteiger partial charge in [0.2, 0.25) is 0 Å². The standard InChI is InChI=1S/C22H25N3O2.ClH/c1-17(7-5-6-10-18-8-3-2-4-9-18)24-16-20-12-11-19-15-23-14-13-21(19)22(20)25(26)27;/h2-4,8-9,11-15,17,24H,5-7,10,16H2,1H3;1H/t17-;/m1./s1. The SMILES string of the molecule is C[C@H](CCCCc1ccccc1)NCc1ccc2cnccc2c1[N+](=O)[O-].Cl. The van der Waals surface area contributed by atoms with Crippen molar-refractivity contribution in [3.05, 3.63) is 82.2 Å². The first-order chi connectivity index (χ1) is 13.1. The lowest BCUT2D eigenvalue weighted by atomic mass is 10.0. The molecule has 0 amide bonds. The number of unbranched alkanes of at least 4 members (excludes halogenated alkanes) is 1. The highest BCUT2D eigenvalue weighted by molar-refractivity contribution is 5.91. The van der Waals surface area contributed by atoms with Crippen LogP contribution in [0.5, 0.6) is 0 Å². The van der Waals surface area contributed by atoms with E-state index in [1.807, 2.05) is 18.2 Å². The van der Waals surface area contributed by atoms with Gasteiger partial charge in [0.15, 0.2) is 0 Å². The summed E-state index contributed by atoms with van der Waals surface area (Å²) in [5.74, 6) is 0. The number of nitro benzene ring substituents is 1. The van der Waals surface area contributed by atoms with Gasteiger partial charge < -0.3 is 5.32 Å².